The monoisotopic (exact) mass is 172 g/mol. The van der Waals surface area contributed by atoms with E-state index in [1.165, 1.54) is 0 Å². The van der Waals surface area contributed by atoms with Gasteiger partial charge in [-0.05, 0) is 0 Å². The van der Waals surface area contributed by atoms with Gasteiger partial charge in [0.25, 0.3) is 0 Å². The van der Waals surface area contributed by atoms with E-state index in [2.05, 4.69) is 0 Å². The van der Waals surface area contributed by atoms with Crippen molar-refractivity contribution in [2.24, 2.45) is 11.8 Å². The first-order chi connectivity index (χ1) is 5.72. The molecule has 4 heteroatoms. The van der Waals surface area contributed by atoms with Crippen LogP contribution in [0.2, 0.25) is 0 Å². The Labute approximate surface area is 70.1 Å². The Balaban J connectivity index is 2.11. The van der Waals surface area contributed by atoms with Gasteiger partial charge in [-0.1, -0.05) is 0 Å². The van der Waals surface area contributed by atoms with Crippen LogP contribution < -0.4 is 0 Å². The molecule has 0 spiro atoms. The minimum Gasteiger partial charge on any atom is -0.462 e. The highest BCUT2D eigenvalue weighted by Crippen LogP contribution is 2.40. The van der Waals surface area contributed by atoms with Crippen molar-refractivity contribution < 1.29 is 19.7 Å². The Morgan fingerprint density at radius 2 is 2.33 bits per heavy atom. The van der Waals surface area contributed by atoms with Gasteiger partial charge in [-0.3, -0.25) is 4.79 Å². The molecule has 0 aromatic carbocycles. The van der Waals surface area contributed by atoms with Gasteiger partial charge < -0.3 is 14.9 Å². The number of carbonyl (C=O) groups excluding carboxylic acids is 1. The molecule has 4 nitrogen and oxygen atoms in total. The van der Waals surface area contributed by atoms with E-state index in [0.29, 0.717) is 12.8 Å². The third-order valence-corrected chi connectivity index (χ3v) is 2.89. The van der Waals surface area contributed by atoms with E-state index in [4.69, 9.17) is 9.84 Å². The van der Waals surface area contributed by atoms with Gasteiger partial charge in [0.15, 0.2) is 0 Å². The zero-order valence-electron chi connectivity index (χ0n) is 6.64. The standard InChI is InChI=1S/C8H12O4/c9-3-5-4-1-8(11)12-7(4)2-6(5)10/h4-7,9-10H,1-3H2/t4-,5+,6-,7-/m1/s1. The van der Waals surface area contributed by atoms with Crippen LogP contribution in [0.15, 0.2) is 0 Å². The highest BCUT2D eigenvalue weighted by molar-refractivity contribution is 5.72. The van der Waals surface area contributed by atoms with Gasteiger partial charge >= 0.3 is 5.97 Å². The molecule has 2 N–H and O–H groups in total. The fraction of sp³-hybridized carbons (Fsp3) is 0.875. The molecule has 0 unspecified atom stereocenters. The second-order valence-electron chi connectivity index (χ2n) is 3.55. The third-order valence-electron chi connectivity index (χ3n) is 2.89. The van der Waals surface area contributed by atoms with Crippen LogP contribution in [-0.4, -0.2) is 35.0 Å². The van der Waals surface area contributed by atoms with Gasteiger partial charge in [-0.15, -0.1) is 0 Å². The molecule has 68 valence electrons. The lowest BCUT2D eigenvalue weighted by Gasteiger charge is -2.14. The Hall–Kier alpha value is -0.610. The van der Waals surface area contributed by atoms with E-state index in [1.54, 1.807) is 0 Å². The van der Waals surface area contributed by atoms with Crippen LogP contribution in [0.4, 0.5) is 0 Å². The van der Waals surface area contributed by atoms with Crippen LogP contribution in [0.3, 0.4) is 0 Å². The minimum atomic E-state index is -0.502. The van der Waals surface area contributed by atoms with Crippen molar-refractivity contribution in [3.8, 4) is 0 Å². The van der Waals surface area contributed by atoms with Gasteiger partial charge in [0, 0.05) is 24.9 Å². The maximum absolute atomic E-state index is 10.8. The Morgan fingerprint density at radius 1 is 1.58 bits per heavy atom. The molecule has 2 fully saturated rings. The number of rotatable bonds is 1. The Bertz CT molecular complexity index is 203. The summed E-state index contributed by atoms with van der Waals surface area (Å²) in [5, 5.41) is 18.4. The lowest BCUT2D eigenvalue weighted by atomic mass is 9.93. The average Bonchev–Trinajstić information content (AvgIpc) is 2.43. The first-order valence-electron chi connectivity index (χ1n) is 4.20. The molecule has 1 aliphatic heterocycles. The van der Waals surface area contributed by atoms with Crippen LogP contribution in [0.1, 0.15) is 12.8 Å². The molecule has 0 bridgehead atoms. The molecule has 2 rings (SSSR count). The van der Waals surface area contributed by atoms with Gasteiger partial charge in [-0.25, -0.2) is 0 Å². The maximum atomic E-state index is 10.8. The van der Waals surface area contributed by atoms with Crippen molar-refractivity contribution >= 4 is 5.97 Å². The Kier molecular flexibility index (Phi) is 1.81. The average molecular weight is 172 g/mol. The van der Waals surface area contributed by atoms with E-state index >= 15 is 0 Å². The zero-order valence-corrected chi connectivity index (χ0v) is 6.64. The maximum Gasteiger partial charge on any atom is 0.306 e. The second kappa shape index (κ2) is 2.71. The molecule has 0 aromatic heterocycles. The topological polar surface area (TPSA) is 66.8 Å². The first kappa shape index (κ1) is 8.01. The number of aliphatic hydroxyl groups is 2. The predicted molar refractivity (Wildman–Crippen MR) is 39.2 cm³/mol. The molecule has 0 aromatic rings. The van der Waals surface area contributed by atoms with Crippen molar-refractivity contribution in [1.82, 2.24) is 0 Å². The summed E-state index contributed by atoms with van der Waals surface area (Å²) in [6, 6.07) is 0. The van der Waals surface area contributed by atoms with Gasteiger partial charge in [0.2, 0.25) is 0 Å². The molecule has 4 atom stereocenters. The van der Waals surface area contributed by atoms with Crippen molar-refractivity contribution in [1.29, 1.82) is 0 Å². The lowest BCUT2D eigenvalue weighted by molar-refractivity contribution is -0.141. The van der Waals surface area contributed by atoms with Crippen molar-refractivity contribution in [2.45, 2.75) is 25.0 Å². The van der Waals surface area contributed by atoms with Crippen LogP contribution in [0.25, 0.3) is 0 Å². The summed E-state index contributed by atoms with van der Waals surface area (Å²) in [5.41, 5.74) is 0. The van der Waals surface area contributed by atoms with Crippen molar-refractivity contribution in [2.75, 3.05) is 6.61 Å². The van der Waals surface area contributed by atoms with Crippen molar-refractivity contribution in [3.63, 3.8) is 0 Å². The minimum absolute atomic E-state index is 0.0394. The normalized spacial score (nSPS) is 46.0. The van der Waals surface area contributed by atoms with Crippen LogP contribution in [0, 0.1) is 11.8 Å². The van der Waals surface area contributed by atoms with E-state index in [9.17, 15) is 9.90 Å². The summed E-state index contributed by atoms with van der Waals surface area (Å²) >= 11 is 0. The largest absolute Gasteiger partial charge is 0.462 e. The predicted octanol–water partition coefficient (Wildman–Crippen LogP) is -0.709. The molecule has 2 aliphatic rings. The SMILES string of the molecule is O=C1C[C@@H]2[C@H](CO)[C@H](O)C[C@H]2O1. The number of aliphatic hydroxyl groups excluding tert-OH is 2. The summed E-state index contributed by atoms with van der Waals surface area (Å²) in [7, 11) is 0. The molecule has 12 heavy (non-hydrogen) atoms. The summed E-state index contributed by atoms with van der Waals surface area (Å²) in [5.74, 6) is -0.325. The highest BCUT2D eigenvalue weighted by Gasteiger charge is 2.49. The fourth-order valence-corrected chi connectivity index (χ4v) is 2.23. The zero-order chi connectivity index (χ0) is 8.72. The van der Waals surface area contributed by atoms with E-state index in [0.717, 1.165) is 0 Å². The highest BCUT2D eigenvalue weighted by atomic mass is 16.6. The number of hydrogen-bond donors (Lipinski definition) is 2. The molecule has 1 aliphatic carbocycles. The van der Waals surface area contributed by atoms with Gasteiger partial charge in [-0.2, -0.15) is 0 Å². The molecule has 1 saturated carbocycles. The van der Waals surface area contributed by atoms with E-state index in [-0.39, 0.29) is 30.5 Å². The summed E-state index contributed by atoms with van der Waals surface area (Å²) in [4.78, 5) is 10.8. The van der Waals surface area contributed by atoms with Crippen LogP contribution in [0.5, 0.6) is 0 Å². The second-order valence-corrected chi connectivity index (χ2v) is 3.55. The molecule has 1 heterocycles. The van der Waals surface area contributed by atoms with Crippen LogP contribution >= 0.6 is 0 Å². The molecule has 0 amide bonds. The molecular weight excluding hydrogens is 160 g/mol. The Morgan fingerprint density at radius 3 is 3.00 bits per heavy atom. The fourth-order valence-electron chi connectivity index (χ4n) is 2.23. The molecule has 1 saturated heterocycles. The van der Waals surface area contributed by atoms with Crippen molar-refractivity contribution in [3.05, 3.63) is 0 Å². The number of hydrogen-bond acceptors (Lipinski definition) is 4. The number of esters is 1. The van der Waals surface area contributed by atoms with Gasteiger partial charge in [0.1, 0.15) is 6.10 Å². The summed E-state index contributed by atoms with van der Waals surface area (Å²) < 4.78 is 4.98. The smallest absolute Gasteiger partial charge is 0.306 e. The molecule has 0 radical (unpaired) electrons. The third kappa shape index (κ3) is 1.03. The van der Waals surface area contributed by atoms with Gasteiger partial charge in [0.05, 0.1) is 12.5 Å². The van der Waals surface area contributed by atoms with E-state index < -0.39 is 6.10 Å². The quantitative estimate of drug-likeness (QED) is 0.513. The summed E-state index contributed by atoms with van der Waals surface area (Å²) in [6.45, 7) is -0.0566. The number of carbonyl (C=O) groups is 1. The number of fused-ring (bicyclic) bond motifs is 1. The molecular formula is C8H12O4. The van der Waals surface area contributed by atoms with E-state index in [1.807, 2.05) is 0 Å². The number of ether oxygens (including phenoxy) is 1. The van der Waals surface area contributed by atoms with Crippen LogP contribution in [-0.2, 0) is 9.53 Å². The lowest BCUT2D eigenvalue weighted by Crippen LogP contribution is -2.23. The summed E-state index contributed by atoms with van der Waals surface area (Å²) in [6.07, 6.45) is 0.192. The first-order valence-corrected chi connectivity index (χ1v) is 4.20.